The topological polar surface area (TPSA) is 35.5 Å². The highest BCUT2D eigenvalue weighted by Gasteiger charge is 2.07. The fraction of sp³-hybridized carbons (Fsp3) is 0.150. The van der Waals surface area contributed by atoms with Crippen LogP contribution in [0.25, 0.3) is 17.2 Å². The first-order valence-corrected chi connectivity index (χ1v) is 7.52. The number of carbonyl (C=O) groups is 1. The first-order chi connectivity index (χ1) is 11.2. The fourth-order valence-electron chi connectivity index (χ4n) is 2.12. The van der Waals surface area contributed by atoms with Crippen LogP contribution in [0.1, 0.15) is 12.5 Å². The molecular formula is C20H20O3. The van der Waals surface area contributed by atoms with E-state index >= 15 is 0 Å². The quantitative estimate of drug-likeness (QED) is 0.429. The molecule has 0 atom stereocenters. The molecule has 2 aromatic rings. The molecule has 2 rings (SSSR count). The molecule has 0 radical (unpaired) electrons. The monoisotopic (exact) mass is 308 g/mol. The van der Waals surface area contributed by atoms with E-state index in [1.165, 1.54) is 6.08 Å². The van der Waals surface area contributed by atoms with E-state index in [2.05, 4.69) is 6.58 Å². The number of esters is 1. The van der Waals surface area contributed by atoms with Gasteiger partial charge in [-0.2, -0.15) is 0 Å². The molecule has 0 amide bonds. The first kappa shape index (κ1) is 16.6. The summed E-state index contributed by atoms with van der Waals surface area (Å²) in [6.45, 7) is 6.25. The van der Waals surface area contributed by atoms with Gasteiger partial charge in [0.1, 0.15) is 12.4 Å². The summed E-state index contributed by atoms with van der Waals surface area (Å²) in [5.74, 6) is 0.398. The van der Waals surface area contributed by atoms with Crippen molar-refractivity contribution in [3.63, 3.8) is 0 Å². The Morgan fingerprint density at radius 3 is 2.65 bits per heavy atom. The Bertz CT molecular complexity index is 687. The molecule has 0 unspecified atom stereocenters. The van der Waals surface area contributed by atoms with Crippen LogP contribution < -0.4 is 4.74 Å². The van der Waals surface area contributed by atoms with E-state index in [1.54, 1.807) is 19.1 Å². The lowest BCUT2D eigenvalue weighted by Gasteiger charge is -2.11. The Kier molecular flexibility index (Phi) is 6.18. The predicted octanol–water partition coefficient (Wildman–Crippen LogP) is 4.49. The van der Waals surface area contributed by atoms with E-state index in [9.17, 15) is 4.79 Å². The smallest absolute Gasteiger partial charge is 0.330 e. The maximum atomic E-state index is 11.4. The molecule has 0 aromatic heterocycles. The summed E-state index contributed by atoms with van der Waals surface area (Å²) in [5, 5.41) is 0. The van der Waals surface area contributed by atoms with E-state index in [-0.39, 0.29) is 5.97 Å². The Hall–Kier alpha value is -2.81. The summed E-state index contributed by atoms with van der Waals surface area (Å²) in [7, 11) is 0. The lowest BCUT2D eigenvalue weighted by atomic mass is 10.0. The maximum absolute atomic E-state index is 11.4. The Morgan fingerprint density at radius 2 is 1.96 bits per heavy atom. The van der Waals surface area contributed by atoms with Gasteiger partial charge in [-0.1, -0.05) is 55.1 Å². The van der Waals surface area contributed by atoms with Gasteiger partial charge in [0, 0.05) is 11.6 Å². The van der Waals surface area contributed by atoms with Crippen molar-refractivity contribution < 1.29 is 14.3 Å². The van der Waals surface area contributed by atoms with Crippen LogP contribution in [0, 0.1) is 0 Å². The molecule has 0 N–H and O–H groups in total. The Labute approximate surface area is 136 Å². The van der Waals surface area contributed by atoms with Crippen LogP contribution in [-0.4, -0.2) is 19.2 Å². The normalized spacial score (nSPS) is 10.5. The summed E-state index contributed by atoms with van der Waals surface area (Å²) >= 11 is 0. The van der Waals surface area contributed by atoms with Crippen molar-refractivity contribution in [3.8, 4) is 16.9 Å². The highest BCUT2D eigenvalue weighted by Crippen LogP contribution is 2.31. The number of hydrogen-bond donors (Lipinski definition) is 0. The van der Waals surface area contributed by atoms with Crippen molar-refractivity contribution in [1.29, 1.82) is 0 Å². The zero-order valence-corrected chi connectivity index (χ0v) is 13.2. The molecule has 0 saturated carbocycles. The first-order valence-electron chi connectivity index (χ1n) is 7.52. The van der Waals surface area contributed by atoms with Gasteiger partial charge in [0.2, 0.25) is 0 Å². The van der Waals surface area contributed by atoms with E-state index in [0.717, 1.165) is 22.4 Å². The molecule has 3 heteroatoms. The van der Waals surface area contributed by atoms with Gasteiger partial charge in [-0.05, 0) is 30.2 Å². The number of ether oxygens (including phenoxy) is 2. The molecule has 0 aliphatic heterocycles. The van der Waals surface area contributed by atoms with E-state index in [4.69, 9.17) is 9.47 Å². The van der Waals surface area contributed by atoms with Gasteiger partial charge >= 0.3 is 5.97 Å². The van der Waals surface area contributed by atoms with E-state index < -0.39 is 0 Å². The third-order valence-corrected chi connectivity index (χ3v) is 3.15. The number of rotatable bonds is 7. The molecule has 0 aliphatic carbocycles. The van der Waals surface area contributed by atoms with Gasteiger partial charge in [0.05, 0.1) is 6.61 Å². The third-order valence-electron chi connectivity index (χ3n) is 3.15. The van der Waals surface area contributed by atoms with Crippen LogP contribution in [0.2, 0.25) is 0 Å². The molecule has 23 heavy (non-hydrogen) atoms. The van der Waals surface area contributed by atoms with Crippen LogP contribution in [0.3, 0.4) is 0 Å². The van der Waals surface area contributed by atoms with Crippen molar-refractivity contribution >= 4 is 12.0 Å². The molecule has 3 nitrogen and oxygen atoms in total. The van der Waals surface area contributed by atoms with Crippen molar-refractivity contribution in [2.45, 2.75) is 6.92 Å². The summed E-state index contributed by atoms with van der Waals surface area (Å²) in [6.07, 6.45) is 4.84. The standard InChI is InChI=1S/C20H20O3/c1-3-14-23-19-15-16(11-13-20(21)22-4-2)10-12-18(19)17-8-6-5-7-9-17/h3,5-13,15H,1,4,14H2,2H3/b13-11+. The van der Waals surface area contributed by atoms with Crippen molar-refractivity contribution in [1.82, 2.24) is 0 Å². The summed E-state index contributed by atoms with van der Waals surface area (Å²) in [6, 6.07) is 15.8. The zero-order chi connectivity index (χ0) is 16.5. The maximum Gasteiger partial charge on any atom is 0.330 e. The molecule has 0 spiro atoms. The SMILES string of the molecule is C=CCOc1cc(/C=C/C(=O)OCC)ccc1-c1ccccc1. The second-order valence-electron chi connectivity index (χ2n) is 4.81. The van der Waals surface area contributed by atoms with Gasteiger partial charge in [0.15, 0.2) is 0 Å². The molecule has 2 aromatic carbocycles. The predicted molar refractivity (Wildman–Crippen MR) is 93.2 cm³/mol. The zero-order valence-electron chi connectivity index (χ0n) is 13.2. The van der Waals surface area contributed by atoms with Crippen molar-refractivity contribution in [2.75, 3.05) is 13.2 Å². The second kappa shape index (κ2) is 8.59. The largest absolute Gasteiger partial charge is 0.489 e. The number of benzene rings is 2. The third kappa shape index (κ3) is 4.85. The second-order valence-corrected chi connectivity index (χ2v) is 4.81. The van der Waals surface area contributed by atoms with Gasteiger partial charge in [-0.25, -0.2) is 4.79 Å². The molecule has 0 aliphatic rings. The van der Waals surface area contributed by atoms with Gasteiger partial charge < -0.3 is 9.47 Å². The summed E-state index contributed by atoms with van der Waals surface area (Å²) in [5.41, 5.74) is 2.95. The summed E-state index contributed by atoms with van der Waals surface area (Å²) < 4.78 is 10.6. The Morgan fingerprint density at radius 1 is 1.17 bits per heavy atom. The number of hydrogen-bond acceptors (Lipinski definition) is 3. The molecule has 118 valence electrons. The lowest BCUT2D eigenvalue weighted by Crippen LogP contribution is -1.99. The highest BCUT2D eigenvalue weighted by atomic mass is 16.5. The average molecular weight is 308 g/mol. The van der Waals surface area contributed by atoms with Crippen LogP contribution >= 0.6 is 0 Å². The Balaban J connectivity index is 2.30. The van der Waals surface area contributed by atoms with Crippen LogP contribution in [0.4, 0.5) is 0 Å². The number of carbonyl (C=O) groups excluding carboxylic acids is 1. The van der Waals surface area contributed by atoms with E-state index in [0.29, 0.717) is 13.2 Å². The molecular weight excluding hydrogens is 288 g/mol. The fourth-order valence-corrected chi connectivity index (χ4v) is 2.12. The minimum Gasteiger partial charge on any atom is -0.489 e. The molecule has 0 saturated heterocycles. The minimum absolute atomic E-state index is 0.354. The molecule has 0 heterocycles. The van der Waals surface area contributed by atoms with Crippen LogP contribution in [0.5, 0.6) is 5.75 Å². The lowest BCUT2D eigenvalue weighted by molar-refractivity contribution is -0.137. The molecule has 0 fully saturated rings. The molecule has 0 bridgehead atoms. The van der Waals surface area contributed by atoms with Crippen LogP contribution in [-0.2, 0) is 9.53 Å². The van der Waals surface area contributed by atoms with Crippen molar-refractivity contribution in [2.24, 2.45) is 0 Å². The average Bonchev–Trinajstić information content (AvgIpc) is 2.59. The van der Waals surface area contributed by atoms with Gasteiger partial charge in [-0.15, -0.1) is 0 Å². The van der Waals surface area contributed by atoms with Crippen LogP contribution in [0.15, 0.2) is 67.3 Å². The van der Waals surface area contributed by atoms with Gasteiger partial charge in [-0.3, -0.25) is 0 Å². The summed E-state index contributed by atoms with van der Waals surface area (Å²) in [4.78, 5) is 11.4. The highest BCUT2D eigenvalue weighted by molar-refractivity contribution is 5.87. The van der Waals surface area contributed by atoms with Crippen molar-refractivity contribution in [3.05, 3.63) is 72.8 Å². The minimum atomic E-state index is -0.354. The van der Waals surface area contributed by atoms with Gasteiger partial charge in [0.25, 0.3) is 0 Å². The van der Waals surface area contributed by atoms with E-state index in [1.807, 2.05) is 48.5 Å².